The van der Waals surface area contributed by atoms with Gasteiger partial charge >= 0.3 is 6.09 Å². The zero-order valence-electron chi connectivity index (χ0n) is 17.4. The van der Waals surface area contributed by atoms with Gasteiger partial charge in [-0.2, -0.15) is 0 Å². The second-order valence-electron chi connectivity index (χ2n) is 6.99. The molecule has 162 valence electrons. The first-order valence-electron chi connectivity index (χ1n) is 10.3. The highest BCUT2D eigenvalue weighted by molar-refractivity contribution is 5.77. The van der Waals surface area contributed by atoms with E-state index in [0.717, 1.165) is 43.9 Å². The maximum absolute atomic E-state index is 11.9. The van der Waals surface area contributed by atoms with Crippen molar-refractivity contribution in [1.82, 2.24) is 15.5 Å². The molecule has 2 N–H and O–H groups in total. The third-order valence-electron chi connectivity index (χ3n) is 4.81. The van der Waals surface area contributed by atoms with Crippen LogP contribution >= 0.6 is 0 Å². The number of nitrogens with zero attached hydrogens (tertiary/aromatic N) is 1. The van der Waals surface area contributed by atoms with Crippen LogP contribution in [0.5, 0.6) is 5.75 Å². The summed E-state index contributed by atoms with van der Waals surface area (Å²) in [6.45, 7) is 5.84. The van der Waals surface area contributed by atoms with Crippen molar-refractivity contribution >= 4 is 12.0 Å². The molecule has 0 unspecified atom stereocenters. The summed E-state index contributed by atoms with van der Waals surface area (Å²) >= 11 is 0. The quantitative estimate of drug-likeness (QED) is 0.583. The van der Waals surface area contributed by atoms with E-state index in [2.05, 4.69) is 22.6 Å². The van der Waals surface area contributed by atoms with E-state index >= 15 is 0 Å². The topological polar surface area (TPSA) is 89.1 Å². The Labute approximate surface area is 172 Å². The number of nitrogens with one attached hydrogen (secondary N) is 2. The Balaban J connectivity index is 1.65. The molecular weight excluding hydrogens is 374 g/mol. The number of carbonyl (C=O) groups excluding carboxylic acids is 2. The van der Waals surface area contributed by atoms with Gasteiger partial charge in [-0.3, -0.25) is 9.69 Å². The number of carbonyl (C=O) groups is 2. The van der Waals surface area contributed by atoms with Crippen LogP contribution in [0.3, 0.4) is 0 Å². The fraction of sp³-hybridized carbons (Fsp3) is 0.619. The van der Waals surface area contributed by atoms with Gasteiger partial charge in [-0.1, -0.05) is 12.1 Å². The first-order chi connectivity index (χ1) is 14.1. The van der Waals surface area contributed by atoms with Crippen LogP contribution in [-0.2, 0) is 20.8 Å². The van der Waals surface area contributed by atoms with Gasteiger partial charge in [0.25, 0.3) is 0 Å². The van der Waals surface area contributed by atoms with Gasteiger partial charge < -0.3 is 24.8 Å². The minimum Gasteiger partial charge on any atom is -0.492 e. The van der Waals surface area contributed by atoms with Crippen molar-refractivity contribution in [3.05, 3.63) is 29.8 Å². The van der Waals surface area contributed by atoms with Gasteiger partial charge in [0, 0.05) is 45.3 Å². The molecule has 0 radical (unpaired) electrons. The monoisotopic (exact) mass is 407 g/mol. The van der Waals surface area contributed by atoms with E-state index in [4.69, 9.17) is 14.2 Å². The van der Waals surface area contributed by atoms with Gasteiger partial charge in [-0.25, -0.2) is 4.79 Å². The fourth-order valence-corrected chi connectivity index (χ4v) is 3.11. The predicted octanol–water partition coefficient (Wildman–Crippen LogP) is 1.93. The lowest BCUT2D eigenvalue weighted by Crippen LogP contribution is -2.38. The largest absolute Gasteiger partial charge is 0.492 e. The van der Waals surface area contributed by atoms with E-state index in [9.17, 15) is 9.59 Å². The highest BCUT2D eigenvalue weighted by Gasteiger charge is 2.17. The van der Waals surface area contributed by atoms with Crippen molar-refractivity contribution in [2.24, 2.45) is 0 Å². The van der Waals surface area contributed by atoms with Crippen LogP contribution in [0.25, 0.3) is 0 Å². The summed E-state index contributed by atoms with van der Waals surface area (Å²) in [7, 11) is 2.13. The second kappa shape index (κ2) is 13.0. The molecule has 2 rings (SSSR count). The normalized spacial score (nSPS) is 14.4. The number of benzene rings is 1. The zero-order chi connectivity index (χ0) is 20.9. The highest BCUT2D eigenvalue weighted by atomic mass is 16.5. The Morgan fingerprint density at radius 3 is 2.79 bits per heavy atom. The van der Waals surface area contributed by atoms with Gasteiger partial charge in [0.15, 0.2) is 0 Å². The van der Waals surface area contributed by atoms with Crippen LogP contribution in [-0.4, -0.2) is 69.5 Å². The van der Waals surface area contributed by atoms with Crippen LogP contribution in [0.15, 0.2) is 24.3 Å². The molecule has 2 amide bonds. The number of ether oxygens (including phenoxy) is 3. The number of rotatable bonds is 11. The molecule has 0 aromatic heterocycles. The van der Waals surface area contributed by atoms with E-state index in [-0.39, 0.29) is 18.9 Å². The standard InChI is InChI=1S/C21H33N3O5/c1-3-28-21(26)22-10-7-20(25)23-16-17-5-4-6-19(15-17)29-14-11-24(2)18-8-12-27-13-9-18/h4-6,15,18H,3,7-14,16H2,1-2H3,(H,22,26)(H,23,25). The Kier molecular flexibility index (Phi) is 10.3. The smallest absolute Gasteiger partial charge is 0.407 e. The number of alkyl carbamates (subject to hydrolysis) is 1. The first-order valence-corrected chi connectivity index (χ1v) is 10.3. The maximum atomic E-state index is 11.9. The van der Waals surface area contributed by atoms with Crippen LogP contribution in [0.1, 0.15) is 31.7 Å². The molecule has 29 heavy (non-hydrogen) atoms. The molecule has 0 atom stereocenters. The highest BCUT2D eigenvalue weighted by Crippen LogP contribution is 2.15. The summed E-state index contributed by atoms with van der Waals surface area (Å²) in [6, 6.07) is 8.28. The van der Waals surface area contributed by atoms with E-state index in [1.165, 1.54) is 0 Å². The second-order valence-corrected chi connectivity index (χ2v) is 6.99. The van der Waals surface area contributed by atoms with Crippen molar-refractivity contribution in [2.75, 3.05) is 46.6 Å². The molecule has 1 saturated heterocycles. The number of hydrogen-bond donors (Lipinski definition) is 2. The molecular formula is C21H33N3O5. The van der Waals surface area contributed by atoms with Crippen LogP contribution in [0.4, 0.5) is 4.79 Å². The molecule has 1 aromatic rings. The predicted molar refractivity (Wildman–Crippen MR) is 110 cm³/mol. The van der Waals surface area contributed by atoms with Crippen molar-refractivity contribution in [3.8, 4) is 5.75 Å². The minimum absolute atomic E-state index is 0.133. The third kappa shape index (κ3) is 9.15. The van der Waals surface area contributed by atoms with Crippen LogP contribution < -0.4 is 15.4 Å². The van der Waals surface area contributed by atoms with Crippen molar-refractivity contribution < 1.29 is 23.8 Å². The Bertz CT molecular complexity index is 634. The molecule has 0 spiro atoms. The summed E-state index contributed by atoms with van der Waals surface area (Å²) in [5.41, 5.74) is 0.965. The summed E-state index contributed by atoms with van der Waals surface area (Å²) in [4.78, 5) is 25.4. The maximum Gasteiger partial charge on any atom is 0.407 e. The Morgan fingerprint density at radius 2 is 2.03 bits per heavy atom. The molecule has 1 heterocycles. The van der Waals surface area contributed by atoms with Crippen LogP contribution in [0.2, 0.25) is 0 Å². The zero-order valence-corrected chi connectivity index (χ0v) is 17.4. The molecule has 1 fully saturated rings. The van der Waals surface area contributed by atoms with Gasteiger partial charge in [0.2, 0.25) is 5.91 Å². The molecule has 1 aliphatic rings. The van der Waals surface area contributed by atoms with E-state index in [0.29, 0.717) is 25.8 Å². The van der Waals surface area contributed by atoms with Gasteiger partial charge in [-0.05, 0) is 44.5 Å². The summed E-state index contributed by atoms with van der Waals surface area (Å²) in [6.07, 6.45) is 1.84. The SMILES string of the molecule is CCOC(=O)NCCC(=O)NCc1cccc(OCCN(C)C2CCOCC2)c1. The average molecular weight is 408 g/mol. The Morgan fingerprint density at radius 1 is 1.24 bits per heavy atom. The lowest BCUT2D eigenvalue weighted by molar-refractivity contribution is -0.121. The lowest BCUT2D eigenvalue weighted by atomic mass is 10.1. The fourth-order valence-electron chi connectivity index (χ4n) is 3.11. The first kappa shape index (κ1) is 23.0. The van der Waals surface area contributed by atoms with E-state index in [1.54, 1.807) is 6.92 Å². The third-order valence-corrected chi connectivity index (χ3v) is 4.81. The molecule has 0 saturated carbocycles. The van der Waals surface area contributed by atoms with E-state index < -0.39 is 6.09 Å². The lowest BCUT2D eigenvalue weighted by Gasteiger charge is -2.31. The molecule has 0 aliphatic carbocycles. The van der Waals surface area contributed by atoms with Crippen molar-refractivity contribution in [2.45, 2.75) is 38.8 Å². The molecule has 0 bridgehead atoms. The number of amides is 2. The summed E-state index contributed by atoms with van der Waals surface area (Å²) < 4.78 is 16.0. The Hall–Kier alpha value is -2.32. The van der Waals surface area contributed by atoms with Crippen molar-refractivity contribution in [1.29, 1.82) is 0 Å². The van der Waals surface area contributed by atoms with Gasteiger partial charge in [-0.15, -0.1) is 0 Å². The minimum atomic E-state index is -0.507. The molecule has 8 nitrogen and oxygen atoms in total. The van der Waals surface area contributed by atoms with Crippen LogP contribution in [0, 0.1) is 0 Å². The van der Waals surface area contributed by atoms with Crippen molar-refractivity contribution in [3.63, 3.8) is 0 Å². The number of hydrogen-bond acceptors (Lipinski definition) is 6. The molecule has 1 aromatic carbocycles. The number of likely N-dealkylation sites (N-methyl/N-ethyl adjacent to an activating group) is 1. The summed E-state index contributed by atoms with van der Waals surface area (Å²) in [5.74, 6) is 0.660. The van der Waals surface area contributed by atoms with Gasteiger partial charge in [0.1, 0.15) is 12.4 Å². The average Bonchev–Trinajstić information content (AvgIpc) is 2.73. The molecule has 8 heteroatoms. The summed E-state index contributed by atoms with van der Waals surface area (Å²) in [5, 5.41) is 5.37. The van der Waals surface area contributed by atoms with Gasteiger partial charge in [0.05, 0.1) is 6.61 Å². The molecule has 1 aliphatic heterocycles. The van der Waals surface area contributed by atoms with E-state index in [1.807, 2.05) is 24.3 Å².